The number of hydrogen-bond donors (Lipinski definition) is 0. The summed E-state index contributed by atoms with van der Waals surface area (Å²) in [4.78, 5) is 29.7. The molecule has 2 amide bonds. The zero-order chi connectivity index (χ0) is 21.2. The molecule has 5 rings (SSSR count). The number of carbonyl (C=O) groups excluding carboxylic acids is 2. The Bertz CT molecular complexity index is 949. The van der Waals surface area contributed by atoms with Gasteiger partial charge in [0.1, 0.15) is 0 Å². The zero-order valence-electron chi connectivity index (χ0n) is 18.1. The third-order valence-corrected chi connectivity index (χ3v) is 7.21. The molecule has 0 radical (unpaired) electrons. The van der Waals surface area contributed by atoms with E-state index >= 15 is 0 Å². The van der Waals surface area contributed by atoms with Crippen molar-refractivity contribution in [3.63, 3.8) is 0 Å². The Morgan fingerprint density at radius 1 is 1.00 bits per heavy atom. The second-order valence-corrected chi connectivity index (χ2v) is 9.31. The first kappa shape index (κ1) is 20.2. The summed E-state index contributed by atoms with van der Waals surface area (Å²) in [5, 5.41) is 8.38. The van der Waals surface area contributed by atoms with Crippen LogP contribution in [0.4, 0.5) is 0 Å². The van der Waals surface area contributed by atoms with Crippen LogP contribution in [-0.2, 0) is 24.3 Å². The molecule has 1 aromatic heterocycles. The largest absolute Gasteiger partial charge is 0.338 e. The normalized spacial score (nSPS) is 21.5. The number of amides is 2. The van der Waals surface area contributed by atoms with Gasteiger partial charge in [-0.2, -0.15) is 0 Å². The predicted octanol–water partition coefficient (Wildman–Crippen LogP) is 3.05. The lowest BCUT2D eigenvalue weighted by Crippen LogP contribution is -2.38. The van der Waals surface area contributed by atoms with Gasteiger partial charge in [0.25, 0.3) is 5.91 Å². The number of fused-ring (bicyclic) bond motifs is 1. The van der Waals surface area contributed by atoms with Crippen molar-refractivity contribution in [3.8, 4) is 0 Å². The molecule has 3 aliphatic rings. The van der Waals surface area contributed by atoms with E-state index in [0.29, 0.717) is 37.7 Å². The second-order valence-electron chi connectivity index (χ2n) is 9.31. The summed E-state index contributed by atoms with van der Waals surface area (Å²) in [5.74, 6) is 0.790. The van der Waals surface area contributed by atoms with Gasteiger partial charge in [-0.3, -0.25) is 9.59 Å². The molecule has 3 heterocycles. The maximum atomic E-state index is 13.0. The zero-order valence-corrected chi connectivity index (χ0v) is 18.1. The molecule has 2 aromatic rings. The summed E-state index contributed by atoms with van der Waals surface area (Å²) in [5.41, 5.74) is 2.91. The minimum atomic E-state index is -0.0682. The van der Waals surface area contributed by atoms with Crippen molar-refractivity contribution in [2.24, 2.45) is 5.92 Å². The first-order chi connectivity index (χ1) is 15.2. The Balaban J connectivity index is 1.20. The van der Waals surface area contributed by atoms with Crippen LogP contribution in [0, 0.1) is 5.92 Å². The summed E-state index contributed by atoms with van der Waals surface area (Å²) in [6.45, 7) is 2.77. The molecular weight excluding hydrogens is 390 g/mol. The molecule has 2 fully saturated rings. The highest BCUT2D eigenvalue weighted by Gasteiger charge is 2.31. The molecule has 0 N–H and O–H groups in total. The van der Waals surface area contributed by atoms with Gasteiger partial charge >= 0.3 is 0 Å². The molecule has 31 heavy (non-hydrogen) atoms. The van der Waals surface area contributed by atoms with E-state index in [4.69, 9.17) is 0 Å². The molecule has 2 aliphatic heterocycles. The van der Waals surface area contributed by atoms with Crippen LogP contribution in [0.1, 0.15) is 66.6 Å². The molecule has 1 saturated heterocycles. The van der Waals surface area contributed by atoms with Crippen molar-refractivity contribution in [2.45, 2.75) is 70.5 Å². The second kappa shape index (κ2) is 8.81. The van der Waals surface area contributed by atoms with Crippen molar-refractivity contribution < 1.29 is 9.59 Å². The van der Waals surface area contributed by atoms with Crippen molar-refractivity contribution in [3.05, 3.63) is 47.3 Å². The summed E-state index contributed by atoms with van der Waals surface area (Å²) >= 11 is 0. The fourth-order valence-electron chi connectivity index (χ4n) is 5.47. The Kier molecular flexibility index (Phi) is 5.74. The number of hydrogen-bond acceptors (Lipinski definition) is 4. The molecule has 0 bridgehead atoms. The van der Waals surface area contributed by atoms with Crippen LogP contribution >= 0.6 is 0 Å². The maximum Gasteiger partial charge on any atom is 0.276 e. The Morgan fingerprint density at radius 3 is 2.65 bits per heavy atom. The van der Waals surface area contributed by atoms with Gasteiger partial charge in [-0.15, -0.1) is 5.10 Å². The average molecular weight is 422 g/mol. The van der Waals surface area contributed by atoms with Gasteiger partial charge in [-0.1, -0.05) is 42.3 Å². The van der Waals surface area contributed by atoms with Crippen LogP contribution in [0.15, 0.2) is 30.5 Å². The first-order valence-corrected chi connectivity index (χ1v) is 11.7. The molecule has 0 unspecified atom stereocenters. The number of carbonyl (C=O) groups is 2. The highest BCUT2D eigenvalue weighted by Crippen LogP contribution is 2.30. The predicted molar refractivity (Wildman–Crippen MR) is 116 cm³/mol. The number of benzene rings is 1. The van der Waals surface area contributed by atoms with E-state index in [1.807, 2.05) is 21.9 Å². The number of rotatable bonds is 5. The third-order valence-electron chi connectivity index (χ3n) is 7.21. The van der Waals surface area contributed by atoms with E-state index < -0.39 is 0 Å². The summed E-state index contributed by atoms with van der Waals surface area (Å²) in [6, 6.07) is 8.44. The van der Waals surface area contributed by atoms with E-state index in [0.717, 1.165) is 25.8 Å². The lowest BCUT2D eigenvalue weighted by atomic mass is 10.00. The fourth-order valence-corrected chi connectivity index (χ4v) is 5.47. The van der Waals surface area contributed by atoms with Gasteiger partial charge in [0, 0.05) is 26.1 Å². The average Bonchev–Trinajstić information content (AvgIpc) is 3.55. The molecule has 1 aromatic carbocycles. The molecule has 1 atom stereocenters. The highest BCUT2D eigenvalue weighted by molar-refractivity contribution is 5.92. The Hall–Kier alpha value is -2.70. The van der Waals surface area contributed by atoms with E-state index in [9.17, 15) is 9.59 Å². The summed E-state index contributed by atoms with van der Waals surface area (Å²) < 4.78 is 1.75. The first-order valence-electron chi connectivity index (χ1n) is 11.7. The molecule has 164 valence electrons. The van der Waals surface area contributed by atoms with Crippen molar-refractivity contribution in [1.82, 2.24) is 24.8 Å². The van der Waals surface area contributed by atoms with Crippen LogP contribution in [0.3, 0.4) is 0 Å². The van der Waals surface area contributed by atoms with Gasteiger partial charge in [0.15, 0.2) is 5.69 Å². The van der Waals surface area contributed by atoms with E-state index in [1.165, 1.54) is 36.8 Å². The Labute approximate surface area is 183 Å². The minimum Gasteiger partial charge on any atom is -0.338 e. The van der Waals surface area contributed by atoms with Gasteiger partial charge in [-0.05, 0) is 49.1 Å². The third kappa shape index (κ3) is 4.36. The SMILES string of the molecule is O=C(c1cn(C[C@@H]2CCCN2C(=O)CC2CCCC2)nn1)N1CCc2ccccc2C1. The van der Waals surface area contributed by atoms with Crippen LogP contribution in [-0.4, -0.2) is 55.7 Å². The Morgan fingerprint density at radius 2 is 1.81 bits per heavy atom. The van der Waals surface area contributed by atoms with Crippen molar-refractivity contribution in [2.75, 3.05) is 13.1 Å². The summed E-state index contributed by atoms with van der Waals surface area (Å²) in [7, 11) is 0. The van der Waals surface area contributed by atoms with Crippen LogP contribution in [0.2, 0.25) is 0 Å². The van der Waals surface area contributed by atoms with Gasteiger partial charge in [0.05, 0.1) is 18.8 Å². The minimum absolute atomic E-state index is 0.0682. The maximum absolute atomic E-state index is 13.0. The van der Waals surface area contributed by atoms with Crippen molar-refractivity contribution >= 4 is 11.8 Å². The molecule has 1 saturated carbocycles. The molecule has 0 spiro atoms. The topological polar surface area (TPSA) is 71.3 Å². The molecule has 1 aliphatic carbocycles. The molecular formula is C24H31N5O2. The van der Waals surface area contributed by atoms with Gasteiger partial charge < -0.3 is 9.80 Å². The van der Waals surface area contributed by atoms with Gasteiger partial charge in [0.2, 0.25) is 5.91 Å². The van der Waals surface area contributed by atoms with Crippen LogP contribution in [0.5, 0.6) is 0 Å². The van der Waals surface area contributed by atoms with E-state index in [1.54, 1.807) is 10.9 Å². The quantitative estimate of drug-likeness (QED) is 0.744. The number of likely N-dealkylation sites (tertiary alicyclic amines) is 1. The highest BCUT2D eigenvalue weighted by atomic mass is 16.2. The fraction of sp³-hybridized carbons (Fsp3) is 0.583. The van der Waals surface area contributed by atoms with E-state index in [2.05, 4.69) is 22.4 Å². The van der Waals surface area contributed by atoms with Crippen molar-refractivity contribution in [1.29, 1.82) is 0 Å². The number of aromatic nitrogens is 3. The van der Waals surface area contributed by atoms with Crippen LogP contribution in [0.25, 0.3) is 0 Å². The van der Waals surface area contributed by atoms with Crippen LogP contribution < -0.4 is 0 Å². The number of nitrogens with zero attached hydrogens (tertiary/aromatic N) is 5. The van der Waals surface area contributed by atoms with E-state index in [-0.39, 0.29) is 17.9 Å². The van der Waals surface area contributed by atoms with Gasteiger partial charge in [-0.25, -0.2) is 4.68 Å². The standard InChI is InChI=1S/C24H31N5O2/c30-23(14-18-6-1-2-7-18)29-12-5-10-21(29)16-28-17-22(25-26-28)24(31)27-13-11-19-8-3-4-9-20(19)15-27/h3-4,8-9,17-18,21H,1-2,5-7,10-16H2/t21-/m0/s1. The smallest absolute Gasteiger partial charge is 0.276 e. The molecule has 7 nitrogen and oxygen atoms in total. The molecule has 7 heteroatoms. The lowest BCUT2D eigenvalue weighted by Gasteiger charge is -2.28. The monoisotopic (exact) mass is 421 g/mol. The lowest BCUT2D eigenvalue weighted by molar-refractivity contribution is -0.133. The summed E-state index contributed by atoms with van der Waals surface area (Å²) in [6.07, 6.45) is 10.3.